The Labute approximate surface area is 154 Å². The standard InChI is InChI=1S/C19H26ClNO4/c1-4-25-18(23)19(8-6-5-7-9-19)21-17(22)12-14-15(20)10-13(2)11-16(14)24-3/h10-11H,4-9,12H2,1-3H3,(H,21,22). The molecule has 0 radical (unpaired) electrons. The van der Waals surface area contributed by atoms with Gasteiger partial charge in [-0.15, -0.1) is 0 Å². The first-order chi connectivity index (χ1) is 11.9. The molecule has 1 saturated carbocycles. The Morgan fingerprint density at radius 3 is 2.52 bits per heavy atom. The van der Waals surface area contributed by atoms with Crippen LogP contribution in [-0.4, -0.2) is 31.1 Å². The number of benzene rings is 1. The summed E-state index contributed by atoms with van der Waals surface area (Å²) in [5.41, 5.74) is 0.666. The highest BCUT2D eigenvalue weighted by atomic mass is 35.5. The second-order valence-corrected chi connectivity index (χ2v) is 6.92. The van der Waals surface area contributed by atoms with Crippen molar-refractivity contribution in [3.8, 4) is 5.75 Å². The SMILES string of the molecule is CCOC(=O)C1(NC(=O)Cc2c(Cl)cc(C)cc2OC)CCCCC1. The van der Waals surface area contributed by atoms with Gasteiger partial charge in [0.2, 0.25) is 5.91 Å². The monoisotopic (exact) mass is 367 g/mol. The lowest BCUT2D eigenvalue weighted by atomic mass is 9.81. The Balaban J connectivity index is 2.18. The maximum atomic E-state index is 12.7. The first-order valence-corrected chi connectivity index (χ1v) is 9.11. The highest BCUT2D eigenvalue weighted by Crippen LogP contribution is 2.31. The molecule has 0 heterocycles. The van der Waals surface area contributed by atoms with E-state index in [4.69, 9.17) is 21.1 Å². The Morgan fingerprint density at radius 1 is 1.24 bits per heavy atom. The minimum absolute atomic E-state index is 0.0590. The van der Waals surface area contributed by atoms with Crippen LogP contribution in [0.4, 0.5) is 0 Å². The molecule has 2 rings (SSSR count). The van der Waals surface area contributed by atoms with Crippen molar-refractivity contribution in [3.05, 3.63) is 28.3 Å². The lowest BCUT2D eigenvalue weighted by Gasteiger charge is -2.35. The lowest BCUT2D eigenvalue weighted by molar-refractivity contribution is -0.155. The molecule has 1 N–H and O–H groups in total. The summed E-state index contributed by atoms with van der Waals surface area (Å²) in [6, 6.07) is 3.64. The van der Waals surface area contributed by atoms with Gasteiger partial charge in [0.25, 0.3) is 0 Å². The van der Waals surface area contributed by atoms with Gasteiger partial charge in [-0.25, -0.2) is 4.79 Å². The number of nitrogens with one attached hydrogen (secondary N) is 1. The van der Waals surface area contributed by atoms with E-state index in [0.29, 0.717) is 35.8 Å². The van der Waals surface area contributed by atoms with Crippen molar-refractivity contribution in [1.82, 2.24) is 5.32 Å². The molecule has 1 fully saturated rings. The molecule has 0 bridgehead atoms. The summed E-state index contributed by atoms with van der Waals surface area (Å²) >= 11 is 6.30. The number of amides is 1. The minimum atomic E-state index is -0.921. The zero-order valence-corrected chi connectivity index (χ0v) is 15.9. The fraction of sp³-hybridized carbons (Fsp3) is 0.579. The van der Waals surface area contributed by atoms with E-state index in [0.717, 1.165) is 24.8 Å². The fourth-order valence-corrected chi connectivity index (χ4v) is 3.70. The van der Waals surface area contributed by atoms with Crippen molar-refractivity contribution in [2.45, 2.75) is 57.9 Å². The molecule has 0 spiro atoms. The number of aryl methyl sites for hydroxylation is 1. The maximum Gasteiger partial charge on any atom is 0.331 e. The van der Waals surface area contributed by atoms with Crippen LogP contribution in [0.2, 0.25) is 5.02 Å². The number of esters is 1. The summed E-state index contributed by atoms with van der Waals surface area (Å²) in [7, 11) is 1.55. The normalized spacial score (nSPS) is 16.2. The molecule has 138 valence electrons. The van der Waals surface area contributed by atoms with E-state index in [9.17, 15) is 9.59 Å². The third-order valence-electron chi connectivity index (χ3n) is 4.61. The molecule has 25 heavy (non-hydrogen) atoms. The van der Waals surface area contributed by atoms with Gasteiger partial charge in [0.05, 0.1) is 20.1 Å². The van der Waals surface area contributed by atoms with Gasteiger partial charge in [0.15, 0.2) is 0 Å². The summed E-state index contributed by atoms with van der Waals surface area (Å²) in [6.45, 7) is 3.98. The number of carbonyl (C=O) groups excluding carboxylic acids is 2. The number of methoxy groups -OCH3 is 1. The minimum Gasteiger partial charge on any atom is -0.496 e. The third-order valence-corrected chi connectivity index (χ3v) is 4.95. The quantitative estimate of drug-likeness (QED) is 0.780. The molecule has 6 heteroatoms. The molecule has 1 amide bonds. The molecule has 0 aliphatic heterocycles. The van der Waals surface area contributed by atoms with Crippen molar-refractivity contribution < 1.29 is 19.1 Å². The molecular weight excluding hydrogens is 342 g/mol. The van der Waals surface area contributed by atoms with Gasteiger partial charge in [-0.1, -0.05) is 30.9 Å². The van der Waals surface area contributed by atoms with E-state index < -0.39 is 5.54 Å². The van der Waals surface area contributed by atoms with Crippen LogP contribution in [0.5, 0.6) is 5.75 Å². The zero-order chi connectivity index (χ0) is 18.4. The predicted molar refractivity (Wildman–Crippen MR) is 97.0 cm³/mol. The molecule has 1 aromatic rings. The van der Waals surface area contributed by atoms with Crippen LogP contribution in [0.15, 0.2) is 12.1 Å². The van der Waals surface area contributed by atoms with Gasteiger partial charge < -0.3 is 14.8 Å². The predicted octanol–water partition coefficient (Wildman–Crippen LogP) is 3.58. The van der Waals surface area contributed by atoms with Gasteiger partial charge in [0, 0.05) is 10.6 Å². The van der Waals surface area contributed by atoms with E-state index in [-0.39, 0.29) is 18.3 Å². The second-order valence-electron chi connectivity index (χ2n) is 6.52. The Hall–Kier alpha value is -1.75. The van der Waals surface area contributed by atoms with Crippen LogP contribution in [0.25, 0.3) is 0 Å². The number of hydrogen-bond acceptors (Lipinski definition) is 4. The Kier molecular flexibility index (Phi) is 6.71. The van der Waals surface area contributed by atoms with Crippen molar-refractivity contribution in [2.24, 2.45) is 0 Å². The van der Waals surface area contributed by atoms with Crippen molar-refractivity contribution in [2.75, 3.05) is 13.7 Å². The van der Waals surface area contributed by atoms with Crippen LogP contribution in [-0.2, 0) is 20.7 Å². The van der Waals surface area contributed by atoms with Crippen LogP contribution in [0, 0.1) is 6.92 Å². The maximum absolute atomic E-state index is 12.7. The lowest BCUT2D eigenvalue weighted by Crippen LogP contribution is -2.56. The molecule has 0 aromatic heterocycles. The molecule has 0 unspecified atom stereocenters. The molecular formula is C19H26ClNO4. The number of ether oxygens (including phenoxy) is 2. The van der Waals surface area contributed by atoms with Crippen molar-refractivity contribution >= 4 is 23.5 Å². The first-order valence-electron chi connectivity index (χ1n) is 8.73. The van der Waals surface area contributed by atoms with Crippen molar-refractivity contribution in [3.63, 3.8) is 0 Å². The number of hydrogen-bond donors (Lipinski definition) is 1. The molecule has 1 aromatic carbocycles. The summed E-state index contributed by atoms with van der Waals surface area (Å²) in [4.78, 5) is 25.1. The van der Waals surface area contributed by atoms with E-state index in [1.807, 2.05) is 13.0 Å². The second kappa shape index (κ2) is 8.56. The van der Waals surface area contributed by atoms with E-state index in [1.54, 1.807) is 20.1 Å². The van der Waals surface area contributed by atoms with Crippen LogP contribution in [0.1, 0.15) is 50.2 Å². The van der Waals surface area contributed by atoms with Gasteiger partial charge >= 0.3 is 5.97 Å². The summed E-state index contributed by atoms with van der Waals surface area (Å²) in [6.07, 6.45) is 4.13. The third kappa shape index (κ3) is 4.66. The summed E-state index contributed by atoms with van der Waals surface area (Å²) in [5.74, 6) is -0.0157. The van der Waals surface area contributed by atoms with Crippen LogP contribution < -0.4 is 10.1 Å². The van der Waals surface area contributed by atoms with Gasteiger partial charge in [-0.05, 0) is 44.4 Å². The number of carbonyl (C=O) groups is 2. The summed E-state index contributed by atoms with van der Waals surface area (Å²) in [5, 5.41) is 3.42. The zero-order valence-electron chi connectivity index (χ0n) is 15.1. The van der Waals surface area contributed by atoms with Crippen LogP contribution in [0.3, 0.4) is 0 Å². The largest absolute Gasteiger partial charge is 0.496 e. The molecule has 1 aliphatic carbocycles. The van der Waals surface area contributed by atoms with E-state index >= 15 is 0 Å². The Morgan fingerprint density at radius 2 is 1.92 bits per heavy atom. The molecule has 0 saturated heterocycles. The van der Waals surface area contributed by atoms with E-state index in [1.165, 1.54) is 0 Å². The summed E-state index contributed by atoms with van der Waals surface area (Å²) < 4.78 is 10.6. The average molecular weight is 368 g/mol. The molecule has 5 nitrogen and oxygen atoms in total. The number of halogens is 1. The smallest absolute Gasteiger partial charge is 0.331 e. The highest BCUT2D eigenvalue weighted by Gasteiger charge is 2.42. The first kappa shape index (κ1) is 19.6. The van der Waals surface area contributed by atoms with E-state index in [2.05, 4.69) is 5.32 Å². The Bertz CT molecular complexity index is 639. The fourth-order valence-electron chi connectivity index (χ4n) is 3.37. The van der Waals surface area contributed by atoms with Crippen molar-refractivity contribution in [1.29, 1.82) is 0 Å². The molecule has 1 aliphatic rings. The highest BCUT2D eigenvalue weighted by molar-refractivity contribution is 6.31. The van der Waals surface area contributed by atoms with Gasteiger partial charge in [-0.2, -0.15) is 0 Å². The average Bonchev–Trinajstić information content (AvgIpc) is 2.58. The molecule has 0 atom stereocenters. The van der Waals surface area contributed by atoms with Gasteiger partial charge in [0.1, 0.15) is 11.3 Å². The van der Waals surface area contributed by atoms with Crippen LogP contribution >= 0.6 is 11.6 Å². The number of rotatable bonds is 6. The van der Waals surface area contributed by atoms with Gasteiger partial charge in [-0.3, -0.25) is 4.79 Å². The topological polar surface area (TPSA) is 64.6 Å².